The van der Waals surface area contributed by atoms with E-state index in [4.69, 9.17) is 0 Å². The summed E-state index contributed by atoms with van der Waals surface area (Å²) in [7, 11) is 0. The van der Waals surface area contributed by atoms with Crippen LogP contribution in [0, 0.1) is 6.92 Å². The highest BCUT2D eigenvalue weighted by Gasteiger charge is 2.17. The van der Waals surface area contributed by atoms with Crippen LogP contribution >= 0.6 is 0 Å². The first-order valence-corrected chi connectivity index (χ1v) is 9.66. The minimum Gasteiger partial charge on any atom is -0.383 e. The number of benzene rings is 2. The van der Waals surface area contributed by atoms with Crippen LogP contribution in [0.2, 0.25) is 0 Å². The summed E-state index contributed by atoms with van der Waals surface area (Å²) in [6.07, 6.45) is 2.46. The van der Waals surface area contributed by atoms with Gasteiger partial charge in [0.15, 0.2) is 0 Å². The highest BCUT2D eigenvalue weighted by molar-refractivity contribution is 5.53. The Balaban J connectivity index is 2.21. The molecule has 136 valence electrons. The fraction of sp³-hybridized carbons (Fsp3) is 0.478. The monoisotopic (exact) mass is 338 g/mol. The third-order valence-corrected chi connectivity index (χ3v) is 4.76. The van der Waals surface area contributed by atoms with Gasteiger partial charge in [0.05, 0.1) is 0 Å². The van der Waals surface area contributed by atoms with Gasteiger partial charge in [-0.2, -0.15) is 0 Å². The number of unbranched alkanes of at least 4 members (excludes halogenated alkanes) is 1. The molecule has 0 aliphatic carbocycles. The van der Waals surface area contributed by atoms with Crippen molar-refractivity contribution in [2.24, 2.45) is 0 Å². The summed E-state index contributed by atoms with van der Waals surface area (Å²) in [5.41, 5.74) is 5.35. The van der Waals surface area contributed by atoms with Crippen molar-refractivity contribution in [3.8, 4) is 0 Å². The summed E-state index contributed by atoms with van der Waals surface area (Å²) in [5, 5.41) is 3.58. The molecular formula is C23H34N2. The van der Waals surface area contributed by atoms with Crippen LogP contribution in [-0.2, 0) is 6.54 Å². The predicted molar refractivity (Wildman–Crippen MR) is 110 cm³/mol. The van der Waals surface area contributed by atoms with Crippen LogP contribution in [0.4, 0.5) is 5.69 Å². The molecule has 0 radical (unpaired) electrons. The molecule has 0 amide bonds. The first-order chi connectivity index (χ1) is 12.0. The van der Waals surface area contributed by atoms with Gasteiger partial charge in [-0.05, 0) is 63.4 Å². The minimum atomic E-state index is 0.403. The van der Waals surface area contributed by atoms with E-state index in [2.05, 4.69) is 93.4 Å². The van der Waals surface area contributed by atoms with Gasteiger partial charge in [-0.3, -0.25) is 4.90 Å². The zero-order chi connectivity index (χ0) is 18.2. The molecule has 0 saturated carbocycles. The van der Waals surface area contributed by atoms with Gasteiger partial charge in [0.25, 0.3) is 0 Å². The van der Waals surface area contributed by atoms with Crippen molar-refractivity contribution in [3.05, 3.63) is 65.2 Å². The van der Waals surface area contributed by atoms with Crippen LogP contribution in [0.5, 0.6) is 0 Å². The van der Waals surface area contributed by atoms with Crippen LogP contribution in [0.25, 0.3) is 0 Å². The largest absolute Gasteiger partial charge is 0.383 e. The zero-order valence-electron chi connectivity index (χ0n) is 16.5. The molecule has 2 heteroatoms. The average Bonchev–Trinajstić information content (AvgIpc) is 2.60. The number of anilines is 1. The van der Waals surface area contributed by atoms with E-state index in [1.165, 1.54) is 35.2 Å². The lowest BCUT2D eigenvalue weighted by atomic mass is 10.0. The van der Waals surface area contributed by atoms with Crippen molar-refractivity contribution in [3.63, 3.8) is 0 Å². The second kappa shape index (κ2) is 9.62. The summed E-state index contributed by atoms with van der Waals surface area (Å²) in [6.45, 7) is 13.3. The van der Waals surface area contributed by atoms with E-state index in [0.717, 1.165) is 13.1 Å². The van der Waals surface area contributed by atoms with E-state index >= 15 is 0 Å². The Kier molecular flexibility index (Phi) is 7.52. The zero-order valence-corrected chi connectivity index (χ0v) is 16.5. The number of hydrogen-bond acceptors (Lipinski definition) is 2. The van der Waals surface area contributed by atoms with Crippen LogP contribution in [0.1, 0.15) is 63.3 Å². The molecule has 0 heterocycles. The summed E-state index contributed by atoms with van der Waals surface area (Å²) in [4.78, 5) is 2.60. The lowest BCUT2D eigenvalue weighted by molar-refractivity contribution is 0.198. The average molecular weight is 339 g/mol. The van der Waals surface area contributed by atoms with Gasteiger partial charge in [0.1, 0.15) is 0 Å². The second-order valence-electron chi connectivity index (χ2n) is 7.36. The molecule has 2 nitrogen and oxygen atoms in total. The molecule has 2 rings (SSSR count). The summed E-state index contributed by atoms with van der Waals surface area (Å²) >= 11 is 0. The molecule has 2 aromatic rings. The molecule has 1 unspecified atom stereocenters. The van der Waals surface area contributed by atoms with Gasteiger partial charge in [-0.1, -0.05) is 55.8 Å². The SMILES string of the molecule is CCCCN(Cc1ccccc1)C(C)c1ccc(C)c(NC(C)C)c1. The van der Waals surface area contributed by atoms with Gasteiger partial charge in [-0.15, -0.1) is 0 Å². The molecule has 0 spiro atoms. The maximum absolute atomic E-state index is 3.58. The second-order valence-corrected chi connectivity index (χ2v) is 7.36. The fourth-order valence-electron chi connectivity index (χ4n) is 3.17. The Labute approximate surface area is 154 Å². The topological polar surface area (TPSA) is 15.3 Å². The molecule has 1 atom stereocenters. The Morgan fingerprint density at radius 3 is 2.36 bits per heavy atom. The fourth-order valence-corrected chi connectivity index (χ4v) is 3.17. The van der Waals surface area contributed by atoms with E-state index < -0.39 is 0 Å². The van der Waals surface area contributed by atoms with Gasteiger partial charge in [0.2, 0.25) is 0 Å². The summed E-state index contributed by atoms with van der Waals surface area (Å²) in [5.74, 6) is 0. The number of aryl methyl sites for hydroxylation is 1. The highest BCUT2D eigenvalue weighted by Crippen LogP contribution is 2.27. The summed E-state index contributed by atoms with van der Waals surface area (Å²) < 4.78 is 0. The number of rotatable bonds is 9. The number of hydrogen-bond donors (Lipinski definition) is 1. The third-order valence-electron chi connectivity index (χ3n) is 4.76. The van der Waals surface area contributed by atoms with Crippen LogP contribution in [0.3, 0.4) is 0 Å². The molecule has 0 bridgehead atoms. The van der Waals surface area contributed by atoms with Crippen molar-refractivity contribution >= 4 is 5.69 Å². The van der Waals surface area contributed by atoms with E-state index in [1.807, 2.05) is 0 Å². The lowest BCUT2D eigenvalue weighted by Crippen LogP contribution is -2.28. The first kappa shape index (κ1) is 19.5. The Bertz CT molecular complexity index is 634. The minimum absolute atomic E-state index is 0.403. The molecule has 25 heavy (non-hydrogen) atoms. The third kappa shape index (κ3) is 5.89. The first-order valence-electron chi connectivity index (χ1n) is 9.66. The van der Waals surface area contributed by atoms with Gasteiger partial charge >= 0.3 is 0 Å². The van der Waals surface area contributed by atoms with E-state index in [0.29, 0.717) is 12.1 Å². The highest BCUT2D eigenvalue weighted by atomic mass is 15.1. The summed E-state index contributed by atoms with van der Waals surface area (Å²) in [6, 6.07) is 18.5. The Hall–Kier alpha value is -1.80. The van der Waals surface area contributed by atoms with Gasteiger partial charge in [-0.25, -0.2) is 0 Å². The van der Waals surface area contributed by atoms with Gasteiger partial charge < -0.3 is 5.32 Å². The quantitative estimate of drug-likeness (QED) is 0.587. The molecule has 1 N–H and O–H groups in total. The Morgan fingerprint density at radius 1 is 1.00 bits per heavy atom. The molecule has 0 aliphatic heterocycles. The molecular weight excluding hydrogens is 304 g/mol. The molecule has 0 fully saturated rings. The molecule has 2 aromatic carbocycles. The number of nitrogens with zero attached hydrogens (tertiary/aromatic N) is 1. The normalized spacial score (nSPS) is 12.6. The molecule has 0 saturated heterocycles. The standard InChI is InChI=1S/C23H34N2/c1-6-7-15-25(17-21-11-9-8-10-12-21)20(5)22-14-13-19(4)23(16-22)24-18(2)3/h8-14,16,18,20,24H,6-7,15,17H2,1-5H3. The maximum Gasteiger partial charge on any atom is 0.0375 e. The van der Waals surface area contributed by atoms with E-state index in [1.54, 1.807) is 0 Å². The predicted octanol–water partition coefficient (Wildman–Crippen LogP) is 6.18. The van der Waals surface area contributed by atoms with Gasteiger partial charge in [0, 0.05) is 24.3 Å². The van der Waals surface area contributed by atoms with Crippen molar-refractivity contribution < 1.29 is 0 Å². The number of nitrogens with one attached hydrogen (secondary N) is 1. The van der Waals surface area contributed by atoms with Crippen LogP contribution in [0.15, 0.2) is 48.5 Å². The smallest absolute Gasteiger partial charge is 0.0375 e. The van der Waals surface area contributed by atoms with Crippen molar-refractivity contribution in [1.29, 1.82) is 0 Å². The van der Waals surface area contributed by atoms with E-state index in [-0.39, 0.29) is 0 Å². The maximum atomic E-state index is 3.58. The van der Waals surface area contributed by atoms with Crippen molar-refractivity contribution in [1.82, 2.24) is 4.90 Å². The van der Waals surface area contributed by atoms with Crippen molar-refractivity contribution in [2.45, 2.75) is 66.1 Å². The van der Waals surface area contributed by atoms with Crippen LogP contribution in [-0.4, -0.2) is 17.5 Å². The van der Waals surface area contributed by atoms with E-state index in [9.17, 15) is 0 Å². The van der Waals surface area contributed by atoms with Crippen molar-refractivity contribution in [2.75, 3.05) is 11.9 Å². The van der Waals surface area contributed by atoms with Crippen LogP contribution < -0.4 is 5.32 Å². The molecule has 0 aromatic heterocycles. The molecule has 0 aliphatic rings. The lowest BCUT2D eigenvalue weighted by Gasteiger charge is -2.30. The Morgan fingerprint density at radius 2 is 1.72 bits per heavy atom.